The maximum Gasteiger partial charge on any atom is 0.264 e. The first-order valence-corrected chi connectivity index (χ1v) is 12.9. The molecule has 3 aromatic carbocycles. The van der Waals surface area contributed by atoms with Crippen molar-refractivity contribution in [3.8, 4) is 11.5 Å². The first-order chi connectivity index (χ1) is 17.9. The molecule has 0 aliphatic heterocycles. The van der Waals surface area contributed by atoms with Crippen molar-refractivity contribution in [1.82, 2.24) is 4.98 Å². The van der Waals surface area contributed by atoms with E-state index in [-0.39, 0.29) is 10.6 Å². The first kappa shape index (κ1) is 25.7. The van der Waals surface area contributed by atoms with Gasteiger partial charge in [-0.2, -0.15) is 0 Å². The third-order valence-corrected chi connectivity index (χ3v) is 7.46. The summed E-state index contributed by atoms with van der Waals surface area (Å²) in [5.74, 6) is 0.352. The van der Waals surface area contributed by atoms with Gasteiger partial charge in [0, 0.05) is 18.1 Å². The van der Waals surface area contributed by atoms with Crippen LogP contribution in [0.4, 0.5) is 11.4 Å². The molecule has 1 aromatic heterocycles. The van der Waals surface area contributed by atoms with Gasteiger partial charge in [-0.05, 0) is 78.2 Å². The Kier molecular flexibility index (Phi) is 8.05. The van der Waals surface area contributed by atoms with Crippen LogP contribution < -0.4 is 19.1 Å². The number of sulfonamides is 1. The Bertz CT molecular complexity index is 1440. The number of methoxy groups -OCH3 is 2. The Morgan fingerprint density at radius 1 is 0.838 bits per heavy atom. The number of nitrogens with zero attached hydrogens (tertiary/aromatic N) is 2. The van der Waals surface area contributed by atoms with E-state index in [4.69, 9.17) is 9.47 Å². The fourth-order valence-electron chi connectivity index (χ4n) is 3.78. The predicted octanol–water partition coefficient (Wildman–Crippen LogP) is 4.52. The fourth-order valence-corrected chi connectivity index (χ4v) is 5.22. The number of para-hydroxylation sites is 2. The standard InChI is InChI=1S/C28H27N3O5S/c1-35-24-11-13-25(14-12-24)37(33,34)31(26-5-3-4-6-27(26)36-2)20-28(32)30-23-9-7-21(8-10-23)19-22-15-17-29-18-16-22/h3-18H,19-20H2,1-2H3,(H,30,32). The van der Waals surface area contributed by atoms with Crippen molar-refractivity contribution in [2.75, 3.05) is 30.4 Å². The van der Waals surface area contributed by atoms with Crippen molar-refractivity contribution in [2.45, 2.75) is 11.3 Å². The van der Waals surface area contributed by atoms with Gasteiger partial charge in [0.1, 0.15) is 18.0 Å². The van der Waals surface area contributed by atoms with Crippen molar-refractivity contribution in [1.29, 1.82) is 0 Å². The largest absolute Gasteiger partial charge is 0.497 e. The minimum atomic E-state index is -4.11. The average Bonchev–Trinajstić information content (AvgIpc) is 2.93. The van der Waals surface area contributed by atoms with Crippen LogP contribution in [0.25, 0.3) is 0 Å². The van der Waals surface area contributed by atoms with Gasteiger partial charge in [0.05, 0.1) is 24.8 Å². The van der Waals surface area contributed by atoms with E-state index in [1.165, 1.54) is 26.4 Å². The van der Waals surface area contributed by atoms with Gasteiger partial charge in [0.2, 0.25) is 5.91 Å². The zero-order valence-corrected chi connectivity index (χ0v) is 21.3. The summed E-state index contributed by atoms with van der Waals surface area (Å²) in [5, 5.41) is 2.80. The number of benzene rings is 3. The Hall–Kier alpha value is -4.37. The molecule has 0 saturated heterocycles. The molecular formula is C28H27N3O5S. The molecule has 0 spiro atoms. The highest BCUT2D eigenvalue weighted by Crippen LogP contribution is 2.32. The second-order valence-corrected chi connectivity index (χ2v) is 10.00. The molecule has 0 bridgehead atoms. The number of carbonyl (C=O) groups excluding carboxylic acids is 1. The molecule has 0 radical (unpaired) electrons. The molecule has 8 nitrogen and oxygen atoms in total. The Morgan fingerprint density at radius 3 is 2.14 bits per heavy atom. The van der Waals surface area contributed by atoms with Crippen LogP contribution in [0.15, 0.2) is 102 Å². The van der Waals surface area contributed by atoms with Crippen LogP contribution in [-0.4, -0.2) is 40.1 Å². The predicted molar refractivity (Wildman–Crippen MR) is 143 cm³/mol. The van der Waals surface area contributed by atoms with E-state index in [9.17, 15) is 13.2 Å². The maximum absolute atomic E-state index is 13.7. The molecule has 9 heteroatoms. The van der Waals surface area contributed by atoms with Crippen molar-refractivity contribution >= 4 is 27.3 Å². The van der Waals surface area contributed by atoms with Crippen LogP contribution in [0, 0.1) is 0 Å². The number of ether oxygens (including phenoxy) is 2. The molecule has 1 N–H and O–H groups in total. The molecule has 4 aromatic rings. The summed E-state index contributed by atoms with van der Waals surface area (Å²) >= 11 is 0. The zero-order chi connectivity index (χ0) is 26.3. The summed E-state index contributed by atoms with van der Waals surface area (Å²) in [7, 11) is -1.16. The highest BCUT2D eigenvalue weighted by molar-refractivity contribution is 7.92. The average molecular weight is 518 g/mol. The number of aromatic nitrogens is 1. The third kappa shape index (κ3) is 6.25. The normalized spacial score (nSPS) is 11.0. The van der Waals surface area contributed by atoms with Gasteiger partial charge >= 0.3 is 0 Å². The highest BCUT2D eigenvalue weighted by atomic mass is 32.2. The number of pyridine rings is 1. The van der Waals surface area contributed by atoms with Gasteiger partial charge in [-0.25, -0.2) is 8.42 Å². The number of hydrogen-bond donors (Lipinski definition) is 1. The first-order valence-electron chi connectivity index (χ1n) is 11.5. The van der Waals surface area contributed by atoms with E-state index in [1.54, 1.807) is 60.9 Å². The Morgan fingerprint density at radius 2 is 1.49 bits per heavy atom. The molecule has 0 aliphatic rings. The Labute approximate surface area is 216 Å². The van der Waals surface area contributed by atoms with E-state index in [2.05, 4.69) is 10.3 Å². The molecule has 190 valence electrons. The van der Waals surface area contributed by atoms with Crippen molar-refractivity contribution in [3.05, 3.63) is 108 Å². The number of carbonyl (C=O) groups is 1. The Balaban J connectivity index is 1.56. The number of nitrogens with one attached hydrogen (secondary N) is 1. The highest BCUT2D eigenvalue weighted by Gasteiger charge is 2.29. The lowest BCUT2D eigenvalue weighted by molar-refractivity contribution is -0.114. The molecule has 0 fully saturated rings. The quantitative estimate of drug-likeness (QED) is 0.332. The van der Waals surface area contributed by atoms with Crippen LogP contribution in [0.5, 0.6) is 11.5 Å². The second kappa shape index (κ2) is 11.6. The van der Waals surface area contributed by atoms with Gasteiger partial charge in [0.15, 0.2) is 0 Å². The van der Waals surface area contributed by atoms with E-state index in [0.29, 0.717) is 17.2 Å². The summed E-state index contributed by atoms with van der Waals surface area (Å²) in [6.07, 6.45) is 4.23. The van der Waals surface area contributed by atoms with E-state index in [0.717, 1.165) is 21.9 Å². The summed E-state index contributed by atoms with van der Waals surface area (Å²) in [6, 6.07) is 24.0. The van der Waals surface area contributed by atoms with Gasteiger partial charge in [0.25, 0.3) is 10.0 Å². The molecule has 1 amide bonds. The fraction of sp³-hybridized carbons (Fsp3) is 0.143. The number of amides is 1. The van der Waals surface area contributed by atoms with Crippen LogP contribution in [0.3, 0.4) is 0 Å². The zero-order valence-electron chi connectivity index (χ0n) is 20.5. The number of hydrogen-bond acceptors (Lipinski definition) is 6. The van der Waals surface area contributed by atoms with E-state index < -0.39 is 22.5 Å². The van der Waals surface area contributed by atoms with Gasteiger partial charge < -0.3 is 14.8 Å². The monoisotopic (exact) mass is 517 g/mol. The molecule has 4 rings (SSSR count). The van der Waals surface area contributed by atoms with Crippen LogP contribution in [0.2, 0.25) is 0 Å². The lowest BCUT2D eigenvalue weighted by Gasteiger charge is -2.25. The lowest BCUT2D eigenvalue weighted by atomic mass is 10.1. The van der Waals surface area contributed by atoms with Crippen LogP contribution in [0.1, 0.15) is 11.1 Å². The summed E-state index contributed by atoms with van der Waals surface area (Å²) in [4.78, 5) is 17.1. The lowest BCUT2D eigenvalue weighted by Crippen LogP contribution is -2.38. The van der Waals surface area contributed by atoms with Crippen molar-refractivity contribution < 1.29 is 22.7 Å². The van der Waals surface area contributed by atoms with E-state index >= 15 is 0 Å². The molecule has 0 unspecified atom stereocenters. The topological polar surface area (TPSA) is 97.8 Å². The molecule has 0 saturated carbocycles. The summed E-state index contributed by atoms with van der Waals surface area (Å²) in [5.41, 5.74) is 3.01. The van der Waals surface area contributed by atoms with Crippen LogP contribution >= 0.6 is 0 Å². The SMILES string of the molecule is COc1ccc(S(=O)(=O)N(CC(=O)Nc2ccc(Cc3ccncc3)cc2)c2ccccc2OC)cc1. The van der Waals surface area contributed by atoms with Crippen molar-refractivity contribution in [3.63, 3.8) is 0 Å². The molecule has 37 heavy (non-hydrogen) atoms. The maximum atomic E-state index is 13.7. The third-order valence-electron chi connectivity index (χ3n) is 5.68. The minimum absolute atomic E-state index is 0.0208. The molecule has 0 atom stereocenters. The minimum Gasteiger partial charge on any atom is -0.497 e. The van der Waals surface area contributed by atoms with Gasteiger partial charge in [-0.1, -0.05) is 24.3 Å². The molecular weight excluding hydrogens is 490 g/mol. The number of rotatable bonds is 10. The molecule has 0 aliphatic carbocycles. The van der Waals surface area contributed by atoms with Gasteiger partial charge in [-0.15, -0.1) is 0 Å². The molecule has 1 heterocycles. The van der Waals surface area contributed by atoms with Crippen molar-refractivity contribution in [2.24, 2.45) is 0 Å². The smallest absolute Gasteiger partial charge is 0.264 e. The summed E-state index contributed by atoms with van der Waals surface area (Å²) in [6.45, 7) is -0.451. The second-order valence-electron chi connectivity index (χ2n) is 8.14. The summed E-state index contributed by atoms with van der Waals surface area (Å²) < 4.78 is 38.9. The van der Waals surface area contributed by atoms with E-state index in [1.807, 2.05) is 24.3 Å². The number of anilines is 2. The van der Waals surface area contributed by atoms with Gasteiger partial charge in [-0.3, -0.25) is 14.1 Å². The van der Waals surface area contributed by atoms with Crippen LogP contribution in [-0.2, 0) is 21.2 Å².